The summed E-state index contributed by atoms with van der Waals surface area (Å²) in [6, 6.07) is 12.7. The second-order valence-electron chi connectivity index (χ2n) is 5.80. The Labute approximate surface area is 117 Å². The van der Waals surface area contributed by atoms with Crippen molar-refractivity contribution >= 4 is 37.2 Å². The molecule has 19 heavy (non-hydrogen) atoms. The van der Waals surface area contributed by atoms with Crippen molar-refractivity contribution < 1.29 is 0 Å². The summed E-state index contributed by atoms with van der Waals surface area (Å²) in [5.74, 6) is 0. The molecule has 0 saturated heterocycles. The van der Waals surface area contributed by atoms with E-state index in [1.165, 1.54) is 26.4 Å². The number of benzene rings is 2. The number of hydrogen-bond acceptors (Lipinski definition) is 1. The third-order valence-electron chi connectivity index (χ3n) is 3.41. The van der Waals surface area contributed by atoms with Crippen LogP contribution in [0.4, 0.5) is 5.00 Å². The molecule has 0 N–H and O–H groups in total. The first-order chi connectivity index (χ1) is 9.02. The van der Waals surface area contributed by atoms with E-state index >= 15 is 0 Å². The van der Waals surface area contributed by atoms with Crippen molar-refractivity contribution in [3.63, 3.8) is 0 Å². The number of nitrogens with zero attached hydrogens (tertiary/aromatic N) is 1. The molecule has 0 amide bonds. The van der Waals surface area contributed by atoms with Crippen molar-refractivity contribution in [3.8, 4) is 0 Å². The fourth-order valence-corrected chi connectivity index (χ4v) is 3.85. The molecule has 0 radical (unpaired) electrons. The largest absolute Gasteiger partial charge is 0.246 e. The molecular formula is C17H15NS. The monoisotopic (exact) mass is 265 g/mol. The van der Waals surface area contributed by atoms with E-state index in [0.717, 1.165) is 5.00 Å². The van der Waals surface area contributed by atoms with E-state index in [-0.39, 0.29) is 5.41 Å². The molecule has 0 bridgehead atoms. The Kier molecular flexibility index (Phi) is 2.62. The van der Waals surface area contributed by atoms with Gasteiger partial charge < -0.3 is 0 Å². The van der Waals surface area contributed by atoms with Gasteiger partial charge >= 0.3 is 0 Å². The molecule has 0 aliphatic rings. The summed E-state index contributed by atoms with van der Waals surface area (Å²) in [6.45, 7) is 14.0. The summed E-state index contributed by atoms with van der Waals surface area (Å²) < 4.78 is 1.22. The summed E-state index contributed by atoms with van der Waals surface area (Å²) in [7, 11) is 0. The molecule has 1 aromatic heterocycles. The van der Waals surface area contributed by atoms with Crippen LogP contribution < -0.4 is 0 Å². The van der Waals surface area contributed by atoms with Gasteiger partial charge in [-0.15, -0.1) is 0 Å². The minimum Gasteiger partial charge on any atom is -0.226 e. The van der Waals surface area contributed by atoms with Crippen LogP contribution in [0.3, 0.4) is 0 Å². The van der Waals surface area contributed by atoms with E-state index < -0.39 is 0 Å². The summed E-state index contributed by atoms with van der Waals surface area (Å²) in [5, 5.41) is 4.60. The van der Waals surface area contributed by atoms with Crippen LogP contribution in [-0.4, -0.2) is 0 Å². The first-order valence-corrected chi connectivity index (χ1v) is 7.16. The van der Waals surface area contributed by atoms with E-state index in [9.17, 15) is 0 Å². The predicted molar refractivity (Wildman–Crippen MR) is 84.3 cm³/mol. The van der Waals surface area contributed by atoms with Crippen LogP contribution in [0.1, 0.15) is 26.3 Å². The molecule has 3 rings (SSSR count). The summed E-state index contributed by atoms with van der Waals surface area (Å²) >= 11 is 1.61. The molecule has 0 atom stereocenters. The van der Waals surface area contributed by atoms with Crippen LogP contribution in [0.5, 0.6) is 0 Å². The van der Waals surface area contributed by atoms with Gasteiger partial charge in [-0.25, -0.2) is 4.85 Å². The maximum atomic E-state index is 7.44. The van der Waals surface area contributed by atoms with E-state index in [1.54, 1.807) is 11.3 Å². The van der Waals surface area contributed by atoms with Gasteiger partial charge in [-0.3, -0.25) is 0 Å². The third kappa shape index (κ3) is 1.82. The molecule has 2 heteroatoms. The minimum absolute atomic E-state index is 0.0116. The molecular weight excluding hydrogens is 250 g/mol. The molecule has 2 aromatic carbocycles. The van der Waals surface area contributed by atoms with Gasteiger partial charge in [-0.05, 0) is 33.2 Å². The van der Waals surface area contributed by atoms with Gasteiger partial charge in [0.1, 0.15) is 0 Å². The van der Waals surface area contributed by atoms with Gasteiger partial charge in [0.05, 0.1) is 6.57 Å². The predicted octanol–water partition coefficient (Wildman–Crippen LogP) is 5.90. The Hall–Kier alpha value is -1.85. The lowest BCUT2D eigenvalue weighted by Crippen LogP contribution is -2.10. The van der Waals surface area contributed by atoms with Crippen molar-refractivity contribution in [2.45, 2.75) is 26.2 Å². The van der Waals surface area contributed by atoms with Gasteiger partial charge in [0.25, 0.3) is 0 Å². The molecule has 1 nitrogen and oxygen atoms in total. The maximum Gasteiger partial charge on any atom is 0.246 e. The fraction of sp³-hybridized carbons (Fsp3) is 0.235. The van der Waals surface area contributed by atoms with Gasteiger partial charge in [-0.2, -0.15) is 11.3 Å². The van der Waals surface area contributed by atoms with Gasteiger partial charge in [0.2, 0.25) is 5.00 Å². The molecule has 1 heterocycles. The van der Waals surface area contributed by atoms with E-state index in [4.69, 9.17) is 6.57 Å². The normalized spacial score (nSPS) is 11.9. The van der Waals surface area contributed by atoms with Crippen molar-refractivity contribution in [2.24, 2.45) is 0 Å². The minimum atomic E-state index is -0.0116. The zero-order valence-electron chi connectivity index (χ0n) is 11.3. The van der Waals surface area contributed by atoms with Crippen molar-refractivity contribution in [1.82, 2.24) is 0 Å². The molecule has 0 unspecified atom stereocenters. The van der Waals surface area contributed by atoms with Gasteiger partial charge in [-0.1, -0.05) is 51.1 Å². The van der Waals surface area contributed by atoms with Crippen LogP contribution in [0.25, 0.3) is 25.7 Å². The zero-order valence-corrected chi connectivity index (χ0v) is 12.1. The molecule has 94 valence electrons. The van der Waals surface area contributed by atoms with E-state index in [1.807, 2.05) is 0 Å². The quantitative estimate of drug-likeness (QED) is 0.445. The number of rotatable bonds is 0. The Bertz CT molecular complexity index is 813. The number of thiophene rings is 1. The Morgan fingerprint density at radius 3 is 2.47 bits per heavy atom. The van der Waals surface area contributed by atoms with Crippen molar-refractivity contribution in [3.05, 3.63) is 53.4 Å². The lowest BCUT2D eigenvalue weighted by molar-refractivity contribution is 0.600. The molecule has 3 aromatic rings. The average Bonchev–Trinajstić information content (AvgIpc) is 2.77. The number of fused-ring (bicyclic) bond motifs is 3. The highest BCUT2D eigenvalue weighted by atomic mass is 32.1. The molecule has 0 spiro atoms. The summed E-state index contributed by atoms with van der Waals surface area (Å²) in [6.07, 6.45) is 0. The second kappa shape index (κ2) is 4.08. The standard InChI is InChI=1S/C17H15NS/c1-17(2,3)15-14-12-8-6-5-7-11(12)9-10-13(14)19-16(15)18-4/h5-10H,1-3H3. The highest BCUT2D eigenvalue weighted by Gasteiger charge is 2.24. The average molecular weight is 265 g/mol. The summed E-state index contributed by atoms with van der Waals surface area (Å²) in [4.78, 5) is 3.75. The molecule has 0 aliphatic heterocycles. The van der Waals surface area contributed by atoms with Crippen LogP contribution in [0.2, 0.25) is 0 Å². The first kappa shape index (κ1) is 12.2. The lowest BCUT2D eigenvalue weighted by atomic mass is 9.85. The topological polar surface area (TPSA) is 4.36 Å². The Balaban J connectivity index is 2.58. The molecule has 0 fully saturated rings. The fourth-order valence-electron chi connectivity index (χ4n) is 2.63. The smallest absolute Gasteiger partial charge is 0.226 e. The first-order valence-electron chi connectivity index (χ1n) is 6.34. The van der Waals surface area contributed by atoms with Crippen LogP contribution in [0, 0.1) is 6.57 Å². The maximum absolute atomic E-state index is 7.44. The lowest BCUT2D eigenvalue weighted by Gasteiger charge is -2.19. The summed E-state index contributed by atoms with van der Waals surface area (Å²) in [5.41, 5.74) is 1.18. The Morgan fingerprint density at radius 1 is 1.05 bits per heavy atom. The third-order valence-corrected chi connectivity index (χ3v) is 4.46. The molecule has 0 saturated carbocycles. The zero-order chi connectivity index (χ0) is 13.6. The highest BCUT2D eigenvalue weighted by Crippen LogP contribution is 2.46. The van der Waals surface area contributed by atoms with Gasteiger partial charge in [0.15, 0.2) is 0 Å². The van der Waals surface area contributed by atoms with Crippen LogP contribution >= 0.6 is 11.3 Å². The van der Waals surface area contributed by atoms with E-state index in [2.05, 4.69) is 62.0 Å². The van der Waals surface area contributed by atoms with Gasteiger partial charge in [0, 0.05) is 4.70 Å². The SMILES string of the molecule is [C-]#[N+]c1sc2ccc3ccccc3c2c1C(C)(C)C. The van der Waals surface area contributed by atoms with Crippen molar-refractivity contribution in [2.75, 3.05) is 0 Å². The Morgan fingerprint density at radius 2 is 1.79 bits per heavy atom. The second-order valence-corrected chi connectivity index (χ2v) is 6.83. The van der Waals surface area contributed by atoms with E-state index in [0.29, 0.717) is 0 Å². The van der Waals surface area contributed by atoms with Crippen LogP contribution in [-0.2, 0) is 5.41 Å². The molecule has 0 aliphatic carbocycles. The number of hydrogen-bond donors (Lipinski definition) is 0. The highest BCUT2D eigenvalue weighted by molar-refractivity contribution is 7.23. The van der Waals surface area contributed by atoms with Crippen molar-refractivity contribution in [1.29, 1.82) is 0 Å². The van der Waals surface area contributed by atoms with Crippen LogP contribution in [0.15, 0.2) is 36.4 Å².